The molecular weight excluding hydrogens is 306 g/mol. The molecule has 0 spiro atoms. The number of imidazole rings is 1. The fraction of sp³-hybridized carbons (Fsp3) is 0.786. The van der Waals surface area contributed by atoms with E-state index in [9.17, 15) is 8.42 Å². The first-order valence-electron chi connectivity index (χ1n) is 7.75. The highest BCUT2D eigenvalue weighted by molar-refractivity contribution is 7.89. The summed E-state index contributed by atoms with van der Waals surface area (Å²) >= 11 is 0. The second kappa shape index (κ2) is 6.27. The topological polar surface area (TPSA) is 73.7 Å². The van der Waals surface area contributed by atoms with Gasteiger partial charge in [-0.2, -0.15) is 4.31 Å². The van der Waals surface area contributed by atoms with Gasteiger partial charge in [0.2, 0.25) is 0 Å². The van der Waals surface area contributed by atoms with Gasteiger partial charge in [-0.25, -0.2) is 13.4 Å². The van der Waals surface area contributed by atoms with Crippen molar-refractivity contribution < 1.29 is 17.9 Å². The van der Waals surface area contributed by atoms with Gasteiger partial charge in [-0.3, -0.25) is 0 Å². The van der Waals surface area contributed by atoms with E-state index >= 15 is 0 Å². The lowest BCUT2D eigenvalue weighted by atomic mass is 10.0. The summed E-state index contributed by atoms with van der Waals surface area (Å²) in [6, 6.07) is -0.0788. The average molecular weight is 329 g/mol. The van der Waals surface area contributed by atoms with Crippen molar-refractivity contribution in [1.29, 1.82) is 0 Å². The van der Waals surface area contributed by atoms with E-state index in [4.69, 9.17) is 9.47 Å². The number of sulfonamides is 1. The second-order valence-corrected chi connectivity index (χ2v) is 7.72. The van der Waals surface area contributed by atoms with Gasteiger partial charge in [-0.1, -0.05) is 0 Å². The molecule has 0 aliphatic carbocycles. The van der Waals surface area contributed by atoms with Crippen LogP contribution in [0.2, 0.25) is 0 Å². The summed E-state index contributed by atoms with van der Waals surface area (Å²) in [6.45, 7) is 3.72. The van der Waals surface area contributed by atoms with Crippen molar-refractivity contribution in [2.45, 2.75) is 49.5 Å². The summed E-state index contributed by atoms with van der Waals surface area (Å²) in [4.78, 5) is 4.00. The van der Waals surface area contributed by atoms with Crippen LogP contribution in [0.3, 0.4) is 0 Å². The van der Waals surface area contributed by atoms with Crippen LogP contribution in [0.5, 0.6) is 0 Å². The number of aromatic nitrogens is 2. The molecule has 0 radical (unpaired) electrons. The third-order valence-electron chi connectivity index (χ3n) is 4.35. The molecule has 3 rings (SSSR count). The molecule has 22 heavy (non-hydrogen) atoms. The summed E-state index contributed by atoms with van der Waals surface area (Å²) in [5.74, 6) is 0. The van der Waals surface area contributed by atoms with Crippen molar-refractivity contribution in [2.75, 3.05) is 19.8 Å². The zero-order valence-corrected chi connectivity index (χ0v) is 13.8. The van der Waals surface area contributed by atoms with Crippen molar-refractivity contribution in [2.24, 2.45) is 7.05 Å². The molecule has 2 aliphatic heterocycles. The SMILES string of the molecule is CCOC[C@@H]1CC[C@H]2[C@H](CCN2S(=O)(=O)c2cn(C)cn2)O1. The molecule has 0 bridgehead atoms. The molecule has 8 heteroatoms. The van der Waals surface area contributed by atoms with Crippen molar-refractivity contribution >= 4 is 10.0 Å². The third-order valence-corrected chi connectivity index (χ3v) is 6.16. The van der Waals surface area contributed by atoms with Gasteiger partial charge in [0, 0.05) is 26.4 Å². The molecule has 7 nitrogen and oxygen atoms in total. The molecule has 3 heterocycles. The monoisotopic (exact) mass is 329 g/mol. The Labute approximate surface area is 131 Å². The fourth-order valence-corrected chi connectivity index (χ4v) is 4.93. The normalized spacial score (nSPS) is 29.6. The van der Waals surface area contributed by atoms with E-state index in [0.29, 0.717) is 19.8 Å². The van der Waals surface area contributed by atoms with Gasteiger partial charge >= 0.3 is 0 Å². The Hall–Kier alpha value is -0.960. The number of fused-ring (bicyclic) bond motifs is 1. The first kappa shape index (κ1) is 15.9. The fourth-order valence-electron chi connectivity index (χ4n) is 3.27. The zero-order chi connectivity index (χ0) is 15.7. The largest absolute Gasteiger partial charge is 0.379 e. The Morgan fingerprint density at radius 1 is 1.41 bits per heavy atom. The summed E-state index contributed by atoms with van der Waals surface area (Å²) < 4.78 is 40.1. The summed E-state index contributed by atoms with van der Waals surface area (Å²) in [5.41, 5.74) is 0. The molecule has 0 unspecified atom stereocenters. The van der Waals surface area contributed by atoms with Crippen LogP contribution in [0.15, 0.2) is 17.6 Å². The molecule has 1 aromatic rings. The average Bonchev–Trinajstić information content (AvgIpc) is 3.11. The Balaban J connectivity index is 1.71. The minimum absolute atomic E-state index is 0.0299. The van der Waals surface area contributed by atoms with E-state index < -0.39 is 10.0 Å². The Morgan fingerprint density at radius 3 is 2.91 bits per heavy atom. The predicted octanol–water partition coefficient (Wildman–Crippen LogP) is 0.767. The number of ether oxygens (including phenoxy) is 2. The molecule has 1 aromatic heterocycles. The van der Waals surface area contributed by atoms with E-state index in [1.165, 1.54) is 6.33 Å². The maximum atomic E-state index is 12.7. The maximum Gasteiger partial charge on any atom is 0.262 e. The minimum Gasteiger partial charge on any atom is -0.379 e. The summed E-state index contributed by atoms with van der Waals surface area (Å²) in [5, 5.41) is 0.118. The number of hydrogen-bond acceptors (Lipinski definition) is 5. The van der Waals surface area contributed by atoms with Gasteiger partial charge < -0.3 is 14.0 Å². The van der Waals surface area contributed by atoms with E-state index in [0.717, 1.165) is 19.3 Å². The predicted molar refractivity (Wildman–Crippen MR) is 79.9 cm³/mol. The lowest BCUT2D eigenvalue weighted by molar-refractivity contribution is -0.0924. The van der Waals surface area contributed by atoms with Gasteiger partial charge in [-0.05, 0) is 26.2 Å². The van der Waals surface area contributed by atoms with Crippen molar-refractivity contribution in [3.63, 3.8) is 0 Å². The molecule has 2 aliphatic rings. The van der Waals surface area contributed by atoms with Crippen LogP contribution < -0.4 is 0 Å². The quantitative estimate of drug-likeness (QED) is 0.798. The minimum atomic E-state index is -3.53. The first-order valence-corrected chi connectivity index (χ1v) is 9.19. The number of rotatable bonds is 5. The van der Waals surface area contributed by atoms with Gasteiger partial charge in [0.25, 0.3) is 10.0 Å². The highest BCUT2D eigenvalue weighted by Gasteiger charge is 2.45. The smallest absolute Gasteiger partial charge is 0.262 e. The van der Waals surface area contributed by atoms with Crippen molar-refractivity contribution in [3.8, 4) is 0 Å². The molecule has 0 aromatic carbocycles. The lowest BCUT2D eigenvalue weighted by Crippen LogP contribution is -2.45. The van der Waals surface area contributed by atoms with E-state index in [1.807, 2.05) is 6.92 Å². The molecule has 0 saturated carbocycles. The van der Waals surface area contributed by atoms with Crippen molar-refractivity contribution in [3.05, 3.63) is 12.5 Å². The van der Waals surface area contributed by atoms with E-state index in [-0.39, 0.29) is 23.3 Å². The van der Waals surface area contributed by atoms with Crippen LogP contribution in [0.4, 0.5) is 0 Å². The lowest BCUT2D eigenvalue weighted by Gasteiger charge is -2.35. The number of nitrogens with zero attached hydrogens (tertiary/aromatic N) is 3. The van der Waals surface area contributed by atoms with Gasteiger partial charge in [0.15, 0.2) is 5.03 Å². The van der Waals surface area contributed by atoms with Crippen LogP contribution in [0, 0.1) is 0 Å². The van der Waals surface area contributed by atoms with Crippen LogP contribution >= 0.6 is 0 Å². The first-order chi connectivity index (χ1) is 10.5. The molecule has 0 amide bonds. The summed E-state index contributed by atoms with van der Waals surface area (Å²) in [7, 11) is -1.77. The molecule has 0 N–H and O–H groups in total. The Kier molecular flexibility index (Phi) is 4.54. The van der Waals surface area contributed by atoms with Crippen LogP contribution in [-0.4, -0.2) is 60.3 Å². The van der Waals surface area contributed by atoms with E-state index in [1.54, 1.807) is 22.1 Å². The molecular formula is C14H23N3O4S. The molecule has 124 valence electrons. The van der Waals surface area contributed by atoms with Gasteiger partial charge in [-0.15, -0.1) is 0 Å². The number of hydrogen-bond donors (Lipinski definition) is 0. The van der Waals surface area contributed by atoms with Crippen LogP contribution in [0.1, 0.15) is 26.2 Å². The maximum absolute atomic E-state index is 12.7. The number of aryl methyl sites for hydroxylation is 1. The summed E-state index contributed by atoms with van der Waals surface area (Å²) in [6.07, 6.45) is 5.49. The highest BCUT2D eigenvalue weighted by atomic mass is 32.2. The zero-order valence-electron chi connectivity index (χ0n) is 13.0. The molecule has 2 saturated heterocycles. The van der Waals surface area contributed by atoms with E-state index in [2.05, 4.69) is 4.98 Å². The Morgan fingerprint density at radius 2 is 2.23 bits per heavy atom. The second-order valence-electron chi connectivity index (χ2n) is 5.88. The standard InChI is InChI=1S/C14H23N3O4S/c1-3-20-9-11-4-5-12-13(21-11)6-7-17(12)22(18,19)14-8-16(2)10-15-14/h8,10-13H,3-7,9H2,1-2H3/t11-,12-,13-/m0/s1. The van der Waals surface area contributed by atoms with Gasteiger partial charge in [0.1, 0.15) is 0 Å². The Bertz CT molecular complexity index is 615. The van der Waals surface area contributed by atoms with Gasteiger partial charge in [0.05, 0.1) is 31.2 Å². The molecule has 2 fully saturated rings. The molecule has 3 atom stereocenters. The highest BCUT2D eigenvalue weighted by Crippen LogP contribution is 2.34. The van der Waals surface area contributed by atoms with Crippen LogP contribution in [-0.2, 0) is 26.5 Å². The van der Waals surface area contributed by atoms with Crippen molar-refractivity contribution in [1.82, 2.24) is 13.9 Å². The van der Waals surface area contributed by atoms with Crippen LogP contribution in [0.25, 0.3) is 0 Å². The third kappa shape index (κ3) is 2.92.